The molecule has 2 unspecified atom stereocenters. The number of carbonyl (C=O) groups is 2. The monoisotopic (exact) mass is 378 g/mol. The lowest BCUT2D eigenvalue weighted by atomic mass is 9.91. The highest BCUT2D eigenvalue weighted by atomic mass is 35.5. The number of hydrogen-bond donors (Lipinski definition) is 0. The topological polar surface area (TPSA) is 43.4 Å². The highest BCUT2D eigenvalue weighted by Gasteiger charge is 2.43. The molecule has 1 aliphatic rings. The number of benzene rings is 2. The Morgan fingerprint density at radius 1 is 1.19 bits per heavy atom. The first-order valence-corrected chi connectivity index (χ1v) is 8.64. The molecule has 3 rings (SSSR count). The van der Waals surface area contributed by atoms with Crippen LogP contribution in [0.5, 0.6) is 5.75 Å². The van der Waals surface area contributed by atoms with Gasteiger partial charge in [-0.15, -0.1) is 0 Å². The SMILES string of the molecule is CCC1CC(=O)C(c2c(Cl)cc(-c3ccc(F)cc3F)cc2OC)C1=O. The van der Waals surface area contributed by atoms with Gasteiger partial charge in [-0.3, -0.25) is 9.59 Å². The van der Waals surface area contributed by atoms with Crippen LogP contribution in [-0.4, -0.2) is 18.7 Å². The van der Waals surface area contributed by atoms with Crippen LogP contribution < -0.4 is 4.74 Å². The van der Waals surface area contributed by atoms with Gasteiger partial charge in [0, 0.05) is 34.6 Å². The molecular formula is C20H17ClF2O3. The van der Waals surface area contributed by atoms with Gasteiger partial charge in [0.05, 0.1) is 7.11 Å². The Hall–Kier alpha value is -2.27. The molecule has 2 aromatic rings. The lowest BCUT2D eigenvalue weighted by Crippen LogP contribution is -2.16. The molecule has 0 saturated heterocycles. The van der Waals surface area contributed by atoms with E-state index in [1.54, 1.807) is 0 Å². The van der Waals surface area contributed by atoms with E-state index in [0.29, 0.717) is 17.5 Å². The normalized spacial score (nSPS) is 19.9. The third-order valence-electron chi connectivity index (χ3n) is 4.79. The lowest BCUT2D eigenvalue weighted by molar-refractivity contribution is -0.124. The van der Waals surface area contributed by atoms with E-state index in [4.69, 9.17) is 16.3 Å². The molecule has 1 fully saturated rings. The molecule has 26 heavy (non-hydrogen) atoms. The number of methoxy groups -OCH3 is 1. The summed E-state index contributed by atoms with van der Waals surface area (Å²) in [6, 6.07) is 6.20. The Balaban J connectivity index is 2.12. The second-order valence-corrected chi connectivity index (χ2v) is 6.72. The number of Topliss-reactive ketones (excluding diaryl/α,β-unsaturated/α-hetero) is 2. The maximum Gasteiger partial charge on any atom is 0.151 e. The first kappa shape index (κ1) is 18.5. The third-order valence-corrected chi connectivity index (χ3v) is 5.10. The minimum absolute atomic E-state index is 0.145. The second-order valence-electron chi connectivity index (χ2n) is 6.31. The molecule has 0 radical (unpaired) electrons. The number of ether oxygens (including phenoxy) is 1. The first-order chi connectivity index (χ1) is 12.4. The highest BCUT2D eigenvalue weighted by Crippen LogP contribution is 2.43. The van der Waals surface area contributed by atoms with Crippen LogP contribution in [0.3, 0.4) is 0 Å². The van der Waals surface area contributed by atoms with Gasteiger partial charge < -0.3 is 4.74 Å². The maximum atomic E-state index is 14.1. The number of halogens is 3. The van der Waals surface area contributed by atoms with Crippen LogP contribution in [0.2, 0.25) is 5.02 Å². The van der Waals surface area contributed by atoms with Crippen LogP contribution in [0.4, 0.5) is 8.78 Å². The van der Waals surface area contributed by atoms with Gasteiger partial charge in [0.1, 0.15) is 29.1 Å². The van der Waals surface area contributed by atoms with Crippen molar-refractivity contribution in [1.29, 1.82) is 0 Å². The van der Waals surface area contributed by atoms with Crippen LogP contribution >= 0.6 is 11.6 Å². The predicted molar refractivity (Wildman–Crippen MR) is 94.5 cm³/mol. The minimum Gasteiger partial charge on any atom is -0.496 e. The van der Waals surface area contributed by atoms with Crippen molar-refractivity contribution < 1.29 is 23.1 Å². The molecule has 6 heteroatoms. The predicted octanol–water partition coefficient (Wildman–Crippen LogP) is 4.95. The second kappa shape index (κ2) is 7.16. The Morgan fingerprint density at radius 2 is 1.92 bits per heavy atom. The molecule has 0 aromatic heterocycles. The van der Waals surface area contributed by atoms with Gasteiger partial charge in [-0.1, -0.05) is 18.5 Å². The van der Waals surface area contributed by atoms with Crippen molar-refractivity contribution in [2.24, 2.45) is 5.92 Å². The Labute approximate surface area is 154 Å². The molecule has 0 heterocycles. The average molecular weight is 379 g/mol. The molecule has 0 spiro atoms. The molecule has 0 amide bonds. The van der Waals surface area contributed by atoms with Crippen molar-refractivity contribution in [3.8, 4) is 16.9 Å². The van der Waals surface area contributed by atoms with E-state index >= 15 is 0 Å². The van der Waals surface area contributed by atoms with Crippen LogP contribution in [0, 0.1) is 17.6 Å². The van der Waals surface area contributed by atoms with Crippen LogP contribution in [0.1, 0.15) is 31.2 Å². The molecule has 136 valence electrons. The maximum absolute atomic E-state index is 14.1. The highest BCUT2D eigenvalue weighted by molar-refractivity contribution is 6.33. The third kappa shape index (κ3) is 3.12. The van der Waals surface area contributed by atoms with E-state index in [1.165, 1.54) is 25.3 Å². The first-order valence-electron chi connectivity index (χ1n) is 8.26. The fraction of sp³-hybridized carbons (Fsp3) is 0.300. The molecule has 1 saturated carbocycles. The molecule has 0 aliphatic heterocycles. The number of ketones is 2. The van der Waals surface area contributed by atoms with Crippen molar-refractivity contribution in [2.45, 2.75) is 25.7 Å². The van der Waals surface area contributed by atoms with Gasteiger partial charge in [0.2, 0.25) is 0 Å². The molecule has 0 N–H and O–H groups in total. The van der Waals surface area contributed by atoms with E-state index in [1.807, 2.05) is 6.92 Å². The Kier molecular flexibility index (Phi) is 5.10. The smallest absolute Gasteiger partial charge is 0.151 e. The molecule has 0 bridgehead atoms. The van der Waals surface area contributed by atoms with E-state index in [2.05, 4.69) is 0 Å². The summed E-state index contributed by atoms with van der Waals surface area (Å²) in [5.41, 5.74) is 0.832. The number of hydrogen-bond acceptors (Lipinski definition) is 3. The van der Waals surface area contributed by atoms with Crippen LogP contribution in [0.15, 0.2) is 30.3 Å². The fourth-order valence-corrected chi connectivity index (χ4v) is 3.74. The fourth-order valence-electron chi connectivity index (χ4n) is 3.43. The molecular weight excluding hydrogens is 362 g/mol. The van der Waals surface area contributed by atoms with Crippen molar-refractivity contribution in [1.82, 2.24) is 0 Å². The Bertz CT molecular complexity index is 895. The summed E-state index contributed by atoms with van der Waals surface area (Å²) < 4.78 is 32.6. The summed E-state index contributed by atoms with van der Waals surface area (Å²) in [5.74, 6) is -2.83. The van der Waals surface area contributed by atoms with Gasteiger partial charge in [-0.2, -0.15) is 0 Å². The molecule has 1 aliphatic carbocycles. The van der Waals surface area contributed by atoms with Crippen molar-refractivity contribution in [2.75, 3.05) is 7.11 Å². The van der Waals surface area contributed by atoms with Gasteiger partial charge in [0.25, 0.3) is 0 Å². The summed E-state index contributed by atoms with van der Waals surface area (Å²) in [5, 5.41) is 0.145. The lowest BCUT2D eigenvalue weighted by Gasteiger charge is -2.17. The minimum atomic E-state index is -0.963. The largest absolute Gasteiger partial charge is 0.496 e. The van der Waals surface area contributed by atoms with E-state index in [0.717, 1.165) is 12.1 Å². The summed E-state index contributed by atoms with van der Waals surface area (Å²) in [6.45, 7) is 1.86. The van der Waals surface area contributed by atoms with E-state index in [-0.39, 0.29) is 40.2 Å². The molecule has 2 atom stereocenters. The van der Waals surface area contributed by atoms with E-state index in [9.17, 15) is 18.4 Å². The van der Waals surface area contributed by atoms with Crippen molar-refractivity contribution in [3.05, 3.63) is 52.6 Å². The summed E-state index contributed by atoms with van der Waals surface area (Å²) in [6.07, 6.45) is 0.772. The molecule has 3 nitrogen and oxygen atoms in total. The summed E-state index contributed by atoms with van der Waals surface area (Å²) >= 11 is 6.37. The molecule has 2 aromatic carbocycles. The van der Waals surface area contributed by atoms with Gasteiger partial charge in [-0.05, 0) is 36.2 Å². The van der Waals surface area contributed by atoms with Crippen molar-refractivity contribution >= 4 is 23.2 Å². The van der Waals surface area contributed by atoms with Crippen LogP contribution in [-0.2, 0) is 9.59 Å². The van der Waals surface area contributed by atoms with Crippen molar-refractivity contribution in [3.63, 3.8) is 0 Å². The summed E-state index contributed by atoms with van der Waals surface area (Å²) in [7, 11) is 1.39. The van der Waals surface area contributed by atoms with Gasteiger partial charge >= 0.3 is 0 Å². The summed E-state index contributed by atoms with van der Waals surface area (Å²) in [4.78, 5) is 25.0. The Morgan fingerprint density at radius 3 is 2.50 bits per heavy atom. The van der Waals surface area contributed by atoms with Gasteiger partial charge in [-0.25, -0.2) is 8.78 Å². The van der Waals surface area contributed by atoms with E-state index < -0.39 is 17.6 Å². The quantitative estimate of drug-likeness (QED) is 0.707. The number of carbonyl (C=O) groups excluding carboxylic acids is 2. The standard InChI is InChI=1S/C20H17ClF2O3/c1-3-10-7-16(24)19(20(10)25)18-14(21)6-11(8-17(18)26-2)13-5-4-12(22)9-15(13)23/h4-6,8-10,19H,3,7H2,1-2H3. The number of rotatable bonds is 4. The zero-order valence-electron chi connectivity index (χ0n) is 14.3. The average Bonchev–Trinajstić information content (AvgIpc) is 2.88. The zero-order chi connectivity index (χ0) is 19.0. The van der Waals surface area contributed by atoms with Crippen LogP contribution in [0.25, 0.3) is 11.1 Å². The zero-order valence-corrected chi connectivity index (χ0v) is 15.1. The van der Waals surface area contributed by atoms with Gasteiger partial charge in [0.15, 0.2) is 5.78 Å².